The Morgan fingerprint density at radius 3 is 2.59 bits per heavy atom. The van der Waals surface area contributed by atoms with Gasteiger partial charge in [0, 0.05) is 0 Å². The molecule has 0 aliphatic heterocycles. The first-order chi connectivity index (χ1) is 8.15. The number of esters is 1. The molecule has 0 amide bonds. The maximum Gasteiger partial charge on any atom is 0.311 e. The van der Waals surface area contributed by atoms with Crippen LogP contribution in [0.2, 0.25) is 0 Å². The fourth-order valence-corrected chi connectivity index (χ4v) is 1.64. The lowest BCUT2D eigenvalue weighted by atomic mass is 9.98. The molecule has 2 atom stereocenters. The maximum atomic E-state index is 11.4. The molecule has 94 valence electrons. The van der Waals surface area contributed by atoms with Crippen LogP contribution >= 0.6 is 0 Å². The summed E-state index contributed by atoms with van der Waals surface area (Å²) in [5.41, 5.74) is 1.17. The van der Waals surface area contributed by atoms with Crippen molar-refractivity contribution in [3.8, 4) is 0 Å². The van der Waals surface area contributed by atoms with Crippen LogP contribution in [0.25, 0.3) is 0 Å². The molecule has 17 heavy (non-hydrogen) atoms. The summed E-state index contributed by atoms with van der Waals surface area (Å²) in [6.07, 6.45) is 0.699. The Bertz CT molecular complexity index is 335. The summed E-state index contributed by atoms with van der Waals surface area (Å²) in [6, 6.07) is 9.93. The molecule has 0 saturated heterocycles. The van der Waals surface area contributed by atoms with E-state index in [1.54, 1.807) is 13.8 Å². The van der Waals surface area contributed by atoms with Crippen LogP contribution in [0.5, 0.6) is 0 Å². The summed E-state index contributed by atoms with van der Waals surface area (Å²) >= 11 is 0. The van der Waals surface area contributed by atoms with Crippen molar-refractivity contribution >= 4 is 5.97 Å². The highest BCUT2D eigenvalue weighted by Crippen LogP contribution is 2.13. The van der Waals surface area contributed by atoms with Crippen molar-refractivity contribution in [1.82, 2.24) is 0 Å². The van der Waals surface area contributed by atoms with Crippen LogP contribution in [0.3, 0.4) is 0 Å². The average molecular weight is 236 g/mol. The molecule has 3 nitrogen and oxygen atoms in total. The largest absolute Gasteiger partial charge is 0.466 e. The van der Waals surface area contributed by atoms with Crippen LogP contribution in [0.1, 0.15) is 25.8 Å². The average Bonchev–Trinajstić information content (AvgIpc) is 2.36. The zero-order valence-corrected chi connectivity index (χ0v) is 10.4. The molecule has 0 aliphatic rings. The number of hydrogen-bond donors (Lipinski definition) is 1. The van der Waals surface area contributed by atoms with E-state index in [9.17, 15) is 9.90 Å². The summed E-state index contributed by atoms with van der Waals surface area (Å²) in [5, 5.41) is 9.88. The van der Waals surface area contributed by atoms with E-state index < -0.39 is 12.0 Å². The third kappa shape index (κ3) is 4.57. The minimum absolute atomic E-state index is 0.326. The number of carbonyl (C=O) groups is 1. The molecule has 1 aromatic carbocycles. The topological polar surface area (TPSA) is 46.5 Å². The van der Waals surface area contributed by atoms with Crippen LogP contribution in [0, 0.1) is 5.92 Å². The van der Waals surface area contributed by atoms with Gasteiger partial charge in [0.05, 0.1) is 18.6 Å². The SMILES string of the molecule is CCOC(=O)[C@H](C)[C@@H](O)CCc1ccccc1. The second kappa shape index (κ2) is 7.07. The molecule has 0 fully saturated rings. The summed E-state index contributed by atoms with van der Waals surface area (Å²) in [7, 11) is 0. The van der Waals surface area contributed by atoms with Gasteiger partial charge in [0.2, 0.25) is 0 Å². The van der Waals surface area contributed by atoms with Gasteiger partial charge in [0.1, 0.15) is 0 Å². The Morgan fingerprint density at radius 2 is 2.00 bits per heavy atom. The van der Waals surface area contributed by atoms with E-state index in [1.807, 2.05) is 30.3 Å². The Labute approximate surface area is 102 Å². The smallest absolute Gasteiger partial charge is 0.311 e. The fourth-order valence-electron chi connectivity index (χ4n) is 1.64. The van der Waals surface area contributed by atoms with Gasteiger partial charge in [0.15, 0.2) is 0 Å². The Hall–Kier alpha value is -1.35. The predicted octanol–water partition coefficient (Wildman–Crippen LogP) is 2.18. The predicted molar refractivity (Wildman–Crippen MR) is 66.6 cm³/mol. The van der Waals surface area contributed by atoms with Gasteiger partial charge in [0.25, 0.3) is 0 Å². The molecule has 0 spiro atoms. The maximum absolute atomic E-state index is 11.4. The van der Waals surface area contributed by atoms with Crippen LogP contribution in [0.15, 0.2) is 30.3 Å². The van der Waals surface area contributed by atoms with Gasteiger partial charge < -0.3 is 9.84 Å². The van der Waals surface area contributed by atoms with E-state index in [4.69, 9.17) is 4.74 Å². The second-order valence-corrected chi connectivity index (χ2v) is 4.13. The van der Waals surface area contributed by atoms with Gasteiger partial charge >= 0.3 is 5.97 Å². The van der Waals surface area contributed by atoms with Crippen molar-refractivity contribution in [3.05, 3.63) is 35.9 Å². The van der Waals surface area contributed by atoms with Gasteiger partial charge in [-0.1, -0.05) is 30.3 Å². The monoisotopic (exact) mass is 236 g/mol. The highest BCUT2D eigenvalue weighted by Gasteiger charge is 2.22. The highest BCUT2D eigenvalue weighted by molar-refractivity contribution is 5.72. The number of benzene rings is 1. The summed E-state index contributed by atoms with van der Waals surface area (Å²) < 4.78 is 4.88. The normalized spacial score (nSPS) is 14.1. The number of aryl methyl sites for hydroxylation is 1. The van der Waals surface area contributed by atoms with Crippen molar-refractivity contribution in [2.45, 2.75) is 32.8 Å². The van der Waals surface area contributed by atoms with Crippen LogP contribution < -0.4 is 0 Å². The van der Waals surface area contributed by atoms with E-state index in [1.165, 1.54) is 5.56 Å². The van der Waals surface area contributed by atoms with Crippen LogP contribution in [-0.2, 0) is 16.0 Å². The summed E-state index contributed by atoms with van der Waals surface area (Å²) in [5.74, 6) is -0.785. The van der Waals surface area contributed by atoms with Crippen molar-refractivity contribution in [3.63, 3.8) is 0 Å². The summed E-state index contributed by atoms with van der Waals surface area (Å²) in [4.78, 5) is 11.4. The fraction of sp³-hybridized carbons (Fsp3) is 0.500. The molecule has 0 unspecified atom stereocenters. The van der Waals surface area contributed by atoms with Crippen molar-refractivity contribution in [2.75, 3.05) is 6.61 Å². The molecule has 0 saturated carbocycles. The lowest BCUT2D eigenvalue weighted by Gasteiger charge is -2.17. The van der Waals surface area contributed by atoms with Gasteiger partial charge in [-0.15, -0.1) is 0 Å². The van der Waals surface area contributed by atoms with E-state index in [0.717, 1.165) is 6.42 Å². The molecule has 0 heterocycles. The number of aliphatic hydroxyl groups is 1. The molecule has 0 bridgehead atoms. The van der Waals surface area contributed by atoms with Gasteiger partial charge in [-0.3, -0.25) is 4.79 Å². The standard InChI is InChI=1S/C14H20O3/c1-3-17-14(16)11(2)13(15)10-9-12-7-5-4-6-8-12/h4-8,11,13,15H,3,9-10H2,1-2H3/t11-,13+/m1/s1. The highest BCUT2D eigenvalue weighted by atomic mass is 16.5. The number of aliphatic hydroxyl groups excluding tert-OH is 1. The van der Waals surface area contributed by atoms with E-state index in [2.05, 4.69) is 0 Å². The quantitative estimate of drug-likeness (QED) is 0.770. The first-order valence-corrected chi connectivity index (χ1v) is 6.03. The van der Waals surface area contributed by atoms with Crippen LogP contribution in [0.4, 0.5) is 0 Å². The minimum atomic E-state index is -0.644. The molecule has 1 rings (SSSR count). The van der Waals surface area contributed by atoms with E-state index in [-0.39, 0.29) is 5.97 Å². The van der Waals surface area contributed by atoms with Crippen molar-refractivity contribution in [2.24, 2.45) is 5.92 Å². The molecule has 0 aliphatic carbocycles. The Balaban J connectivity index is 2.39. The van der Waals surface area contributed by atoms with Gasteiger partial charge in [-0.05, 0) is 32.3 Å². The molecular weight excluding hydrogens is 216 g/mol. The Kier molecular flexibility index (Phi) is 5.70. The van der Waals surface area contributed by atoms with E-state index in [0.29, 0.717) is 13.0 Å². The molecule has 3 heteroatoms. The number of rotatable bonds is 6. The van der Waals surface area contributed by atoms with Crippen molar-refractivity contribution < 1.29 is 14.6 Å². The zero-order chi connectivity index (χ0) is 12.7. The van der Waals surface area contributed by atoms with Crippen molar-refractivity contribution in [1.29, 1.82) is 0 Å². The molecule has 0 radical (unpaired) electrons. The van der Waals surface area contributed by atoms with Crippen LogP contribution in [-0.4, -0.2) is 23.8 Å². The molecule has 0 aromatic heterocycles. The Morgan fingerprint density at radius 1 is 1.35 bits per heavy atom. The lowest BCUT2D eigenvalue weighted by Crippen LogP contribution is -2.27. The first kappa shape index (κ1) is 13.7. The minimum Gasteiger partial charge on any atom is -0.466 e. The number of ether oxygens (including phenoxy) is 1. The second-order valence-electron chi connectivity index (χ2n) is 4.13. The first-order valence-electron chi connectivity index (χ1n) is 6.03. The molecular formula is C14H20O3. The molecule has 1 N–H and O–H groups in total. The van der Waals surface area contributed by atoms with Gasteiger partial charge in [-0.25, -0.2) is 0 Å². The third-order valence-corrected chi connectivity index (χ3v) is 2.81. The summed E-state index contributed by atoms with van der Waals surface area (Å²) in [6.45, 7) is 3.82. The number of hydrogen-bond acceptors (Lipinski definition) is 3. The zero-order valence-electron chi connectivity index (χ0n) is 10.4. The number of carbonyl (C=O) groups excluding carboxylic acids is 1. The van der Waals surface area contributed by atoms with Gasteiger partial charge in [-0.2, -0.15) is 0 Å². The molecule has 1 aromatic rings. The van der Waals surface area contributed by atoms with E-state index >= 15 is 0 Å². The lowest BCUT2D eigenvalue weighted by molar-refractivity contribution is -0.151. The third-order valence-electron chi connectivity index (χ3n) is 2.81.